The molecule has 104 valence electrons. The van der Waals surface area contributed by atoms with E-state index in [2.05, 4.69) is 50.1 Å². The van der Waals surface area contributed by atoms with Crippen molar-refractivity contribution in [3.63, 3.8) is 0 Å². The number of nitrogens with one attached hydrogen (secondary N) is 1. The van der Waals surface area contributed by atoms with Crippen molar-refractivity contribution in [2.45, 2.75) is 58.5 Å². The van der Waals surface area contributed by atoms with Crippen molar-refractivity contribution in [3.05, 3.63) is 12.2 Å². The summed E-state index contributed by atoms with van der Waals surface area (Å²) in [6, 6.07) is 0.707. The van der Waals surface area contributed by atoms with Crippen LogP contribution in [0.5, 0.6) is 0 Å². The monoisotopic (exact) mass is 250 g/mol. The molecule has 0 bridgehead atoms. The lowest BCUT2D eigenvalue weighted by molar-refractivity contribution is 0.0571. The minimum atomic E-state index is 0.367. The molecule has 3 unspecified atom stereocenters. The van der Waals surface area contributed by atoms with Crippen molar-refractivity contribution in [3.8, 4) is 0 Å². The van der Waals surface area contributed by atoms with Crippen LogP contribution in [0.1, 0.15) is 47.0 Å². The lowest BCUT2D eigenvalue weighted by Gasteiger charge is -2.48. The Morgan fingerprint density at radius 1 is 1.44 bits per heavy atom. The SMILES string of the molecule is C/C=C/CN1CC(C)(C2CC2)NCC1C(C)CC. The van der Waals surface area contributed by atoms with Crippen LogP contribution in [0.2, 0.25) is 0 Å². The zero-order valence-electron chi connectivity index (χ0n) is 12.6. The Morgan fingerprint density at radius 3 is 2.72 bits per heavy atom. The molecule has 2 aliphatic rings. The van der Waals surface area contributed by atoms with Crippen molar-refractivity contribution < 1.29 is 0 Å². The van der Waals surface area contributed by atoms with Gasteiger partial charge in [0.25, 0.3) is 0 Å². The van der Waals surface area contributed by atoms with E-state index in [0.717, 1.165) is 18.4 Å². The van der Waals surface area contributed by atoms with Crippen LogP contribution < -0.4 is 5.32 Å². The van der Waals surface area contributed by atoms with Gasteiger partial charge in [0.2, 0.25) is 0 Å². The second-order valence-corrected chi connectivity index (χ2v) is 6.52. The first kappa shape index (κ1) is 14.1. The third-order valence-electron chi connectivity index (χ3n) is 5.07. The zero-order valence-corrected chi connectivity index (χ0v) is 12.6. The molecule has 0 aromatic carbocycles. The number of hydrogen-bond acceptors (Lipinski definition) is 2. The molecule has 18 heavy (non-hydrogen) atoms. The largest absolute Gasteiger partial charge is 0.308 e. The summed E-state index contributed by atoms with van der Waals surface area (Å²) in [4.78, 5) is 2.71. The highest BCUT2D eigenvalue weighted by Crippen LogP contribution is 2.41. The average Bonchev–Trinajstić information content (AvgIpc) is 3.20. The molecular formula is C16H30N2. The van der Waals surface area contributed by atoms with Gasteiger partial charge in [0.1, 0.15) is 0 Å². The minimum Gasteiger partial charge on any atom is -0.308 e. The number of rotatable bonds is 5. The van der Waals surface area contributed by atoms with Gasteiger partial charge >= 0.3 is 0 Å². The van der Waals surface area contributed by atoms with Crippen LogP contribution in [-0.4, -0.2) is 36.1 Å². The Hall–Kier alpha value is -0.340. The van der Waals surface area contributed by atoms with Gasteiger partial charge < -0.3 is 5.32 Å². The number of allylic oxidation sites excluding steroid dienone is 1. The van der Waals surface area contributed by atoms with Crippen LogP contribution >= 0.6 is 0 Å². The van der Waals surface area contributed by atoms with E-state index in [1.54, 1.807) is 0 Å². The fourth-order valence-electron chi connectivity index (χ4n) is 3.33. The summed E-state index contributed by atoms with van der Waals surface area (Å²) >= 11 is 0. The molecule has 1 heterocycles. The molecule has 2 nitrogen and oxygen atoms in total. The summed E-state index contributed by atoms with van der Waals surface area (Å²) in [5, 5.41) is 3.86. The molecule has 1 N–H and O–H groups in total. The van der Waals surface area contributed by atoms with Crippen LogP contribution in [0.25, 0.3) is 0 Å². The molecule has 0 aromatic rings. The Kier molecular flexibility index (Phi) is 4.50. The molecule has 1 saturated heterocycles. The van der Waals surface area contributed by atoms with Crippen LogP contribution in [-0.2, 0) is 0 Å². The normalized spacial score (nSPS) is 36.1. The summed E-state index contributed by atoms with van der Waals surface area (Å²) in [6.45, 7) is 12.8. The smallest absolute Gasteiger partial charge is 0.0309 e. The van der Waals surface area contributed by atoms with Crippen LogP contribution in [0.15, 0.2) is 12.2 Å². The minimum absolute atomic E-state index is 0.367. The number of nitrogens with zero attached hydrogens (tertiary/aromatic N) is 1. The highest BCUT2D eigenvalue weighted by Gasteiger charge is 2.46. The Balaban J connectivity index is 2.04. The molecule has 1 saturated carbocycles. The van der Waals surface area contributed by atoms with E-state index in [9.17, 15) is 0 Å². The summed E-state index contributed by atoms with van der Waals surface area (Å²) < 4.78 is 0. The van der Waals surface area contributed by atoms with E-state index < -0.39 is 0 Å². The number of piperazine rings is 1. The van der Waals surface area contributed by atoms with Gasteiger partial charge in [0.15, 0.2) is 0 Å². The Labute approximate surface area is 113 Å². The predicted molar refractivity (Wildman–Crippen MR) is 78.8 cm³/mol. The maximum atomic E-state index is 3.86. The van der Waals surface area contributed by atoms with Crippen molar-refractivity contribution >= 4 is 0 Å². The number of hydrogen-bond donors (Lipinski definition) is 1. The first-order valence-electron chi connectivity index (χ1n) is 7.71. The van der Waals surface area contributed by atoms with E-state index >= 15 is 0 Å². The molecular weight excluding hydrogens is 220 g/mol. The molecule has 0 spiro atoms. The maximum absolute atomic E-state index is 3.86. The van der Waals surface area contributed by atoms with Gasteiger partial charge in [-0.2, -0.15) is 0 Å². The molecule has 1 aliphatic carbocycles. The molecule has 0 radical (unpaired) electrons. The molecule has 2 heteroatoms. The maximum Gasteiger partial charge on any atom is 0.0309 e. The van der Waals surface area contributed by atoms with E-state index in [0.29, 0.717) is 11.6 Å². The van der Waals surface area contributed by atoms with Crippen molar-refractivity contribution in [1.29, 1.82) is 0 Å². The third-order valence-corrected chi connectivity index (χ3v) is 5.07. The highest BCUT2D eigenvalue weighted by molar-refractivity contribution is 5.05. The Bertz CT molecular complexity index is 295. The van der Waals surface area contributed by atoms with E-state index in [1.165, 1.54) is 32.4 Å². The highest BCUT2D eigenvalue weighted by atomic mass is 15.3. The van der Waals surface area contributed by atoms with Crippen molar-refractivity contribution in [1.82, 2.24) is 10.2 Å². The van der Waals surface area contributed by atoms with Crippen LogP contribution in [0, 0.1) is 11.8 Å². The standard InChI is InChI=1S/C16H30N2/c1-5-7-10-18-12-16(4,14-8-9-14)17-11-15(18)13(3)6-2/h5,7,13-15,17H,6,8-12H2,1-4H3/b7-5+. The fourth-order valence-corrected chi connectivity index (χ4v) is 3.33. The van der Waals surface area contributed by atoms with Gasteiger partial charge in [0.05, 0.1) is 0 Å². The summed E-state index contributed by atoms with van der Waals surface area (Å²) in [6.07, 6.45) is 8.63. The summed E-state index contributed by atoms with van der Waals surface area (Å²) in [7, 11) is 0. The predicted octanol–water partition coefficient (Wildman–Crippen LogP) is 3.05. The average molecular weight is 250 g/mol. The third kappa shape index (κ3) is 2.97. The van der Waals surface area contributed by atoms with Gasteiger partial charge in [0, 0.05) is 31.2 Å². The quantitative estimate of drug-likeness (QED) is 0.755. The van der Waals surface area contributed by atoms with Crippen molar-refractivity contribution in [2.75, 3.05) is 19.6 Å². The molecule has 1 aliphatic heterocycles. The molecule has 2 rings (SSSR count). The van der Waals surface area contributed by atoms with E-state index in [1.807, 2.05) is 0 Å². The van der Waals surface area contributed by atoms with E-state index in [-0.39, 0.29) is 0 Å². The van der Waals surface area contributed by atoms with Gasteiger partial charge in [-0.15, -0.1) is 0 Å². The zero-order chi connectivity index (χ0) is 13.2. The van der Waals surface area contributed by atoms with Gasteiger partial charge in [-0.1, -0.05) is 32.4 Å². The Morgan fingerprint density at radius 2 is 2.17 bits per heavy atom. The second-order valence-electron chi connectivity index (χ2n) is 6.52. The van der Waals surface area contributed by atoms with Crippen molar-refractivity contribution in [2.24, 2.45) is 11.8 Å². The van der Waals surface area contributed by atoms with Crippen LogP contribution in [0.3, 0.4) is 0 Å². The summed E-state index contributed by atoms with van der Waals surface area (Å²) in [5.74, 6) is 1.70. The molecule has 0 aromatic heterocycles. The van der Waals surface area contributed by atoms with Gasteiger partial charge in [-0.05, 0) is 38.5 Å². The second kappa shape index (κ2) is 5.75. The van der Waals surface area contributed by atoms with Gasteiger partial charge in [-0.3, -0.25) is 4.90 Å². The lowest BCUT2D eigenvalue weighted by atomic mass is 9.87. The molecule has 3 atom stereocenters. The molecule has 0 amide bonds. The first-order valence-corrected chi connectivity index (χ1v) is 7.71. The van der Waals surface area contributed by atoms with E-state index in [4.69, 9.17) is 0 Å². The summed E-state index contributed by atoms with van der Waals surface area (Å²) in [5.41, 5.74) is 0.367. The molecule has 2 fully saturated rings. The first-order chi connectivity index (χ1) is 8.60. The topological polar surface area (TPSA) is 15.3 Å². The fraction of sp³-hybridized carbons (Fsp3) is 0.875. The van der Waals surface area contributed by atoms with Gasteiger partial charge in [-0.25, -0.2) is 0 Å². The lowest BCUT2D eigenvalue weighted by Crippen LogP contribution is -2.65. The van der Waals surface area contributed by atoms with Crippen LogP contribution in [0.4, 0.5) is 0 Å².